The second kappa shape index (κ2) is 8.02. The minimum absolute atomic E-state index is 0.0223. The first kappa shape index (κ1) is 18.5. The molecule has 0 bridgehead atoms. The van der Waals surface area contributed by atoms with Crippen LogP contribution in [0.25, 0.3) is 11.1 Å². The topological polar surface area (TPSA) is 84.9 Å². The van der Waals surface area contributed by atoms with Gasteiger partial charge in [-0.1, -0.05) is 48.5 Å². The van der Waals surface area contributed by atoms with Gasteiger partial charge in [0.05, 0.1) is 5.92 Å². The molecule has 2 aromatic rings. The summed E-state index contributed by atoms with van der Waals surface area (Å²) in [6, 6.07) is 15.8. The van der Waals surface area contributed by atoms with E-state index in [4.69, 9.17) is 9.47 Å². The first-order chi connectivity index (χ1) is 13.6. The molecule has 4 rings (SSSR count). The fourth-order valence-electron chi connectivity index (χ4n) is 4.18. The van der Waals surface area contributed by atoms with Gasteiger partial charge in [-0.25, -0.2) is 4.79 Å². The molecule has 2 aliphatic rings. The molecule has 0 unspecified atom stereocenters. The lowest BCUT2D eigenvalue weighted by Gasteiger charge is -2.22. The van der Waals surface area contributed by atoms with Gasteiger partial charge < -0.3 is 19.9 Å². The number of aliphatic carboxylic acids is 1. The van der Waals surface area contributed by atoms with Gasteiger partial charge in [0.1, 0.15) is 6.61 Å². The molecule has 146 valence electrons. The molecule has 1 aliphatic carbocycles. The Labute approximate surface area is 163 Å². The van der Waals surface area contributed by atoms with Crippen LogP contribution in [0.2, 0.25) is 0 Å². The number of hydrogen-bond acceptors (Lipinski definition) is 4. The summed E-state index contributed by atoms with van der Waals surface area (Å²) in [5.41, 5.74) is 4.61. The number of hydrogen-bond donors (Lipinski definition) is 2. The molecule has 6 nitrogen and oxygen atoms in total. The molecule has 2 N–H and O–H groups in total. The van der Waals surface area contributed by atoms with Gasteiger partial charge >= 0.3 is 12.1 Å². The van der Waals surface area contributed by atoms with Crippen molar-refractivity contribution in [3.8, 4) is 11.1 Å². The third-order valence-corrected chi connectivity index (χ3v) is 5.60. The maximum absolute atomic E-state index is 12.4. The van der Waals surface area contributed by atoms with Crippen LogP contribution < -0.4 is 5.32 Å². The summed E-state index contributed by atoms with van der Waals surface area (Å²) in [4.78, 5) is 23.9. The van der Waals surface area contributed by atoms with Gasteiger partial charge in [-0.2, -0.15) is 0 Å². The fraction of sp³-hybridized carbons (Fsp3) is 0.364. The maximum atomic E-state index is 12.4. The Morgan fingerprint density at radius 1 is 1.00 bits per heavy atom. The van der Waals surface area contributed by atoms with E-state index >= 15 is 0 Å². The zero-order valence-electron chi connectivity index (χ0n) is 15.5. The summed E-state index contributed by atoms with van der Waals surface area (Å²) in [7, 11) is 0. The summed E-state index contributed by atoms with van der Waals surface area (Å²) in [5, 5.41) is 12.2. The number of carbonyl (C=O) groups is 2. The van der Waals surface area contributed by atoms with Gasteiger partial charge in [0.15, 0.2) is 0 Å². The molecule has 1 amide bonds. The van der Waals surface area contributed by atoms with Crippen molar-refractivity contribution < 1.29 is 24.2 Å². The van der Waals surface area contributed by atoms with Crippen LogP contribution in [0.1, 0.15) is 29.9 Å². The van der Waals surface area contributed by atoms with E-state index in [1.54, 1.807) is 0 Å². The van der Waals surface area contributed by atoms with E-state index in [0.29, 0.717) is 26.1 Å². The van der Waals surface area contributed by atoms with Crippen molar-refractivity contribution in [3.63, 3.8) is 0 Å². The molecule has 0 radical (unpaired) electrons. The first-order valence-corrected chi connectivity index (χ1v) is 9.57. The fourth-order valence-corrected chi connectivity index (χ4v) is 4.18. The minimum Gasteiger partial charge on any atom is -0.481 e. The second-order valence-corrected chi connectivity index (χ2v) is 7.21. The number of carboxylic acid groups (broad SMARTS) is 1. The molecular weight excluding hydrogens is 358 g/mol. The number of benzene rings is 2. The summed E-state index contributed by atoms with van der Waals surface area (Å²) in [5.74, 6) is -1.61. The Hall–Kier alpha value is -2.86. The number of fused-ring (bicyclic) bond motifs is 3. The van der Waals surface area contributed by atoms with E-state index in [2.05, 4.69) is 29.6 Å². The highest BCUT2D eigenvalue weighted by molar-refractivity contribution is 5.79. The third kappa shape index (κ3) is 3.60. The Bertz CT molecular complexity index is 835. The zero-order valence-corrected chi connectivity index (χ0v) is 15.5. The van der Waals surface area contributed by atoms with E-state index in [9.17, 15) is 14.7 Å². The zero-order chi connectivity index (χ0) is 19.5. The molecule has 0 spiro atoms. The maximum Gasteiger partial charge on any atom is 0.407 e. The lowest BCUT2D eigenvalue weighted by Crippen LogP contribution is -2.43. The first-order valence-electron chi connectivity index (χ1n) is 9.57. The normalized spacial score (nSPS) is 21.3. The molecule has 1 fully saturated rings. The van der Waals surface area contributed by atoms with Crippen LogP contribution in [0.4, 0.5) is 4.79 Å². The molecule has 2 aromatic carbocycles. The number of alkyl carbamates (subject to hydrolysis) is 1. The quantitative estimate of drug-likeness (QED) is 0.848. The van der Waals surface area contributed by atoms with E-state index in [1.165, 1.54) is 11.1 Å². The largest absolute Gasteiger partial charge is 0.481 e. The average Bonchev–Trinajstić information content (AvgIpc) is 2.83. The Balaban J connectivity index is 1.44. The molecular formula is C22H23NO5. The molecule has 2 atom stereocenters. The van der Waals surface area contributed by atoms with Crippen molar-refractivity contribution in [2.75, 3.05) is 19.8 Å². The highest BCUT2D eigenvalue weighted by Gasteiger charge is 2.33. The molecule has 1 aliphatic heterocycles. The Morgan fingerprint density at radius 3 is 2.25 bits per heavy atom. The van der Waals surface area contributed by atoms with Crippen molar-refractivity contribution >= 4 is 12.1 Å². The Morgan fingerprint density at radius 2 is 1.61 bits per heavy atom. The van der Waals surface area contributed by atoms with E-state index in [0.717, 1.165) is 11.1 Å². The van der Waals surface area contributed by atoms with Crippen molar-refractivity contribution in [1.29, 1.82) is 0 Å². The van der Waals surface area contributed by atoms with Gasteiger partial charge in [-0.15, -0.1) is 0 Å². The minimum atomic E-state index is -0.922. The van der Waals surface area contributed by atoms with E-state index in [-0.39, 0.29) is 12.5 Å². The summed E-state index contributed by atoms with van der Waals surface area (Å²) in [6.07, 6.45) is 0.255. The predicted octanol–water partition coefficient (Wildman–Crippen LogP) is 3.40. The summed E-state index contributed by atoms with van der Waals surface area (Å²) >= 11 is 0. The number of carboxylic acids is 1. The SMILES string of the molecule is O=C(N[C@@H]1CCOCC[C@H]1C(=O)O)OCC1c2ccccc2-c2ccccc21. The lowest BCUT2D eigenvalue weighted by atomic mass is 9.95. The van der Waals surface area contributed by atoms with Crippen LogP contribution in [0.15, 0.2) is 48.5 Å². The molecule has 1 heterocycles. The number of carbonyl (C=O) groups excluding carboxylic acids is 1. The van der Waals surface area contributed by atoms with Crippen molar-refractivity contribution in [2.24, 2.45) is 5.92 Å². The molecule has 0 aromatic heterocycles. The molecule has 28 heavy (non-hydrogen) atoms. The van der Waals surface area contributed by atoms with Crippen LogP contribution >= 0.6 is 0 Å². The third-order valence-electron chi connectivity index (χ3n) is 5.60. The van der Waals surface area contributed by atoms with E-state index < -0.39 is 24.0 Å². The van der Waals surface area contributed by atoms with Crippen LogP contribution in [0.5, 0.6) is 0 Å². The summed E-state index contributed by atoms with van der Waals surface area (Å²) < 4.78 is 10.9. The van der Waals surface area contributed by atoms with Crippen molar-refractivity contribution in [2.45, 2.75) is 24.8 Å². The van der Waals surface area contributed by atoms with Crippen molar-refractivity contribution in [1.82, 2.24) is 5.32 Å². The number of rotatable bonds is 4. The standard InChI is InChI=1S/C22H23NO5/c24-21(25)18-9-11-27-12-10-20(18)23-22(26)28-13-19-16-7-3-1-5-14(16)15-6-2-4-8-17(15)19/h1-8,18-20H,9-13H2,(H,23,26)(H,24,25)/t18-,20-/m1/s1. The van der Waals surface area contributed by atoms with Gasteiger partial charge in [0.2, 0.25) is 0 Å². The predicted molar refractivity (Wildman–Crippen MR) is 103 cm³/mol. The number of amides is 1. The van der Waals surface area contributed by atoms with E-state index in [1.807, 2.05) is 24.3 Å². The average molecular weight is 381 g/mol. The van der Waals surface area contributed by atoms with Crippen LogP contribution in [0, 0.1) is 5.92 Å². The lowest BCUT2D eigenvalue weighted by molar-refractivity contribution is -0.142. The van der Waals surface area contributed by atoms with Crippen LogP contribution in [0.3, 0.4) is 0 Å². The molecule has 6 heteroatoms. The van der Waals surface area contributed by atoms with Gasteiger partial charge in [-0.3, -0.25) is 4.79 Å². The van der Waals surface area contributed by atoms with Crippen molar-refractivity contribution in [3.05, 3.63) is 59.7 Å². The smallest absolute Gasteiger partial charge is 0.407 e. The highest BCUT2D eigenvalue weighted by Crippen LogP contribution is 2.44. The highest BCUT2D eigenvalue weighted by atomic mass is 16.5. The number of nitrogens with one attached hydrogen (secondary N) is 1. The number of ether oxygens (including phenoxy) is 2. The summed E-state index contributed by atoms with van der Waals surface area (Å²) in [6.45, 7) is 1.03. The van der Waals surface area contributed by atoms with Gasteiger partial charge in [-0.05, 0) is 35.1 Å². The molecule has 0 saturated carbocycles. The van der Waals surface area contributed by atoms with Crippen LogP contribution in [-0.4, -0.2) is 43.0 Å². The van der Waals surface area contributed by atoms with Crippen LogP contribution in [-0.2, 0) is 14.3 Å². The monoisotopic (exact) mass is 381 g/mol. The molecule has 1 saturated heterocycles. The Kier molecular flexibility index (Phi) is 5.30. The van der Waals surface area contributed by atoms with Gasteiger partial charge in [0, 0.05) is 25.2 Å². The van der Waals surface area contributed by atoms with Gasteiger partial charge in [0.25, 0.3) is 0 Å². The second-order valence-electron chi connectivity index (χ2n) is 7.21.